The van der Waals surface area contributed by atoms with Crippen LogP contribution in [0.15, 0.2) is 12.7 Å². The lowest BCUT2D eigenvalue weighted by Crippen LogP contribution is -2.27. The molecule has 0 aromatic heterocycles. The van der Waals surface area contributed by atoms with E-state index < -0.39 is 17.2 Å². The molecule has 80 valence electrons. The lowest BCUT2D eigenvalue weighted by atomic mass is 10.6. The number of nitrogens with one attached hydrogen (secondary N) is 1. The number of carboxylic acid groups (broad SMARTS) is 2. The van der Waals surface area contributed by atoms with E-state index in [1.54, 1.807) is 0 Å². The van der Waals surface area contributed by atoms with Crippen LogP contribution in [-0.2, 0) is 14.4 Å². The second kappa shape index (κ2) is 9.69. The summed E-state index contributed by atoms with van der Waals surface area (Å²) < 4.78 is 0. The topological polar surface area (TPSA) is 104 Å². The summed E-state index contributed by atoms with van der Waals surface area (Å²) in [5.74, 6) is -2.12. The van der Waals surface area contributed by atoms with Crippen LogP contribution in [0.3, 0.4) is 0 Å². The van der Waals surface area contributed by atoms with Crippen molar-refractivity contribution in [2.45, 2.75) is 0 Å². The molecule has 7 heteroatoms. The quantitative estimate of drug-likeness (QED) is 0.436. The van der Waals surface area contributed by atoms with E-state index in [1.165, 1.54) is 0 Å². The van der Waals surface area contributed by atoms with Gasteiger partial charge in [0.15, 0.2) is 0 Å². The fourth-order valence-electron chi connectivity index (χ4n) is 0.276. The third kappa shape index (κ3) is 22.4. The number of aliphatic carboxylic acids is 2. The van der Waals surface area contributed by atoms with Crippen molar-refractivity contribution in [1.82, 2.24) is 5.32 Å². The Labute approximate surface area is 85.2 Å². The second-order valence-electron chi connectivity index (χ2n) is 1.90. The lowest BCUT2D eigenvalue weighted by molar-refractivity contribution is -0.137. The maximum absolute atomic E-state index is 9.73. The number of carbonyl (C=O) groups is 3. The van der Waals surface area contributed by atoms with Gasteiger partial charge in [-0.3, -0.25) is 19.7 Å². The van der Waals surface area contributed by atoms with E-state index in [0.717, 1.165) is 6.08 Å². The molecule has 0 bridgehead atoms. The molecule has 0 radical (unpaired) electrons. The Kier molecular flexibility index (Phi) is 10.4. The number of hydrogen-bond acceptors (Lipinski definition) is 4. The van der Waals surface area contributed by atoms with E-state index >= 15 is 0 Å². The number of carbonyl (C=O) groups excluding carboxylic acids is 1. The van der Waals surface area contributed by atoms with E-state index in [0.29, 0.717) is 0 Å². The van der Waals surface area contributed by atoms with Crippen molar-refractivity contribution in [2.24, 2.45) is 0 Å². The normalized spacial score (nSPS) is 8.07. The van der Waals surface area contributed by atoms with Crippen LogP contribution in [0.5, 0.6) is 0 Å². The molecule has 14 heavy (non-hydrogen) atoms. The number of allylic oxidation sites excluding steroid dienone is 1. The van der Waals surface area contributed by atoms with Crippen molar-refractivity contribution < 1.29 is 24.6 Å². The summed E-state index contributed by atoms with van der Waals surface area (Å²) in [6.07, 6.45) is 1.04. The van der Waals surface area contributed by atoms with Gasteiger partial charge in [0.05, 0.1) is 13.1 Å². The van der Waals surface area contributed by atoms with Crippen LogP contribution in [-0.4, -0.2) is 40.5 Å². The van der Waals surface area contributed by atoms with Crippen molar-refractivity contribution in [2.75, 3.05) is 13.1 Å². The molecule has 0 fully saturated rings. The second-order valence-corrected chi connectivity index (χ2v) is 2.27. The van der Waals surface area contributed by atoms with Crippen molar-refractivity contribution in [3.8, 4) is 0 Å². The maximum Gasteiger partial charge on any atom is 0.317 e. The molecule has 0 aliphatic heterocycles. The van der Waals surface area contributed by atoms with Crippen LogP contribution in [0.4, 0.5) is 0 Å². The minimum atomic E-state index is -1.06. The van der Waals surface area contributed by atoms with Crippen LogP contribution in [0.25, 0.3) is 0 Å². The van der Waals surface area contributed by atoms with Gasteiger partial charge in [0.25, 0.3) is 0 Å². The summed E-state index contributed by atoms with van der Waals surface area (Å²) >= 11 is 4.71. The molecular formula is C7H10ClNO5. The van der Waals surface area contributed by atoms with Crippen LogP contribution in [0.2, 0.25) is 0 Å². The minimum Gasteiger partial charge on any atom is -0.480 e. The Bertz CT molecular complexity index is 214. The van der Waals surface area contributed by atoms with Gasteiger partial charge in [-0.05, 0) is 17.7 Å². The molecule has 0 aliphatic rings. The summed E-state index contributed by atoms with van der Waals surface area (Å²) in [6.45, 7) is 2.45. The zero-order valence-electron chi connectivity index (χ0n) is 7.20. The van der Waals surface area contributed by atoms with Crippen LogP contribution in [0, 0.1) is 0 Å². The lowest BCUT2D eigenvalue weighted by Gasteiger charge is -1.93. The van der Waals surface area contributed by atoms with Gasteiger partial charge in [-0.2, -0.15) is 0 Å². The molecular weight excluding hydrogens is 214 g/mol. The van der Waals surface area contributed by atoms with Gasteiger partial charge in [0, 0.05) is 0 Å². The molecule has 0 heterocycles. The summed E-state index contributed by atoms with van der Waals surface area (Å²) in [5, 5.41) is 17.6. The predicted octanol–water partition coefficient (Wildman–Crippen LogP) is -0.317. The highest BCUT2D eigenvalue weighted by Crippen LogP contribution is 1.74. The number of rotatable bonds is 5. The van der Waals surface area contributed by atoms with E-state index in [-0.39, 0.29) is 13.1 Å². The third-order valence-corrected chi connectivity index (χ3v) is 0.867. The highest BCUT2D eigenvalue weighted by Gasteiger charge is 1.97. The minimum absolute atomic E-state index is 0.313. The van der Waals surface area contributed by atoms with Crippen LogP contribution < -0.4 is 5.32 Å². The fourth-order valence-corrected chi connectivity index (χ4v) is 0.276. The van der Waals surface area contributed by atoms with E-state index in [1.807, 2.05) is 0 Å². The van der Waals surface area contributed by atoms with Gasteiger partial charge in [-0.1, -0.05) is 6.58 Å². The van der Waals surface area contributed by atoms with Crippen LogP contribution >= 0.6 is 11.6 Å². The molecule has 6 nitrogen and oxygen atoms in total. The van der Waals surface area contributed by atoms with Gasteiger partial charge in [-0.25, -0.2) is 0 Å². The Hall–Kier alpha value is -1.40. The molecule has 3 N–H and O–H groups in total. The van der Waals surface area contributed by atoms with Crippen molar-refractivity contribution in [1.29, 1.82) is 0 Å². The van der Waals surface area contributed by atoms with E-state index in [4.69, 9.17) is 21.8 Å². The zero-order chi connectivity index (χ0) is 11.6. The first-order chi connectivity index (χ1) is 6.40. The molecule has 0 spiro atoms. The Morgan fingerprint density at radius 2 is 1.50 bits per heavy atom. The highest BCUT2D eigenvalue weighted by atomic mass is 35.5. The monoisotopic (exact) mass is 223 g/mol. The smallest absolute Gasteiger partial charge is 0.317 e. The Morgan fingerprint density at radius 1 is 1.21 bits per heavy atom. The van der Waals surface area contributed by atoms with E-state index in [9.17, 15) is 14.4 Å². The molecule has 0 unspecified atom stereocenters. The van der Waals surface area contributed by atoms with Gasteiger partial charge >= 0.3 is 11.9 Å². The molecule has 0 aromatic rings. The SMILES string of the molecule is C=CC(=O)Cl.O=C(O)CNCC(=O)O. The first kappa shape index (κ1) is 15.1. The molecule has 0 atom stereocenters. The average molecular weight is 224 g/mol. The standard InChI is InChI=1S/C4H7NO4.C3H3ClO/c6-3(7)1-5-2-4(8)9;1-2-3(4)5/h5H,1-2H2,(H,6,7)(H,8,9);2H,1H2. The van der Waals surface area contributed by atoms with Gasteiger partial charge in [0.2, 0.25) is 5.24 Å². The molecule has 0 amide bonds. The Morgan fingerprint density at radius 3 is 1.64 bits per heavy atom. The highest BCUT2D eigenvalue weighted by molar-refractivity contribution is 6.66. The van der Waals surface area contributed by atoms with Crippen LogP contribution in [0.1, 0.15) is 0 Å². The van der Waals surface area contributed by atoms with Gasteiger partial charge < -0.3 is 10.2 Å². The van der Waals surface area contributed by atoms with Crippen molar-refractivity contribution in [3.63, 3.8) is 0 Å². The Balaban J connectivity index is 0. The summed E-state index contributed by atoms with van der Waals surface area (Å²) in [4.78, 5) is 28.9. The average Bonchev–Trinajstić information content (AvgIpc) is 2.04. The van der Waals surface area contributed by atoms with Gasteiger partial charge in [0.1, 0.15) is 0 Å². The zero-order valence-corrected chi connectivity index (χ0v) is 7.95. The van der Waals surface area contributed by atoms with Crippen molar-refractivity contribution >= 4 is 28.8 Å². The summed E-state index contributed by atoms with van der Waals surface area (Å²) in [5.41, 5.74) is 0. The summed E-state index contributed by atoms with van der Waals surface area (Å²) in [7, 11) is 0. The van der Waals surface area contributed by atoms with Gasteiger partial charge in [-0.15, -0.1) is 0 Å². The molecule has 0 saturated heterocycles. The largest absolute Gasteiger partial charge is 0.480 e. The molecule has 0 aromatic carbocycles. The molecule has 0 saturated carbocycles. The number of hydrogen-bond donors (Lipinski definition) is 3. The fraction of sp³-hybridized carbons (Fsp3) is 0.286. The first-order valence-electron chi connectivity index (χ1n) is 3.36. The number of halogens is 1. The maximum atomic E-state index is 9.73. The molecule has 0 aliphatic carbocycles. The third-order valence-electron chi connectivity index (χ3n) is 0.713. The number of carboxylic acids is 2. The van der Waals surface area contributed by atoms with Crippen molar-refractivity contribution in [3.05, 3.63) is 12.7 Å². The molecule has 0 rings (SSSR count). The predicted molar refractivity (Wildman–Crippen MR) is 49.2 cm³/mol. The summed E-state index contributed by atoms with van der Waals surface area (Å²) in [6, 6.07) is 0. The van der Waals surface area contributed by atoms with E-state index in [2.05, 4.69) is 11.9 Å². The first-order valence-corrected chi connectivity index (χ1v) is 3.74.